The number of benzene rings is 1. The molecule has 2 saturated heterocycles. The zero-order valence-corrected chi connectivity index (χ0v) is 15.5. The largest absolute Gasteiger partial charge is 0.376 e. The first-order valence-corrected chi connectivity index (χ1v) is 9.60. The van der Waals surface area contributed by atoms with Crippen LogP contribution in [0.1, 0.15) is 31.2 Å². The molecule has 2 fully saturated rings. The Bertz CT molecular complexity index is 526. The van der Waals surface area contributed by atoms with E-state index in [1.54, 1.807) is 0 Å². The molecule has 0 bridgehead atoms. The molecule has 3 rings (SSSR count). The van der Waals surface area contributed by atoms with E-state index in [4.69, 9.17) is 28.6 Å². The third-order valence-corrected chi connectivity index (χ3v) is 5.27. The predicted octanol–water partition coefficient (Wildman–Crippen LogP) is 2.95. The summed E-state index contributed by atoms with van der Waals surface area (Å²) < 4.78 is 5.61. The van der Waals surface area contributed by atoms with Crippen molar-refractivity contribution >= 4 is 28.9 Å². The van der Waals surface area contributed by atoms with Gasteiger partial charge in [0.1, 0.15) is 0 Å². The highest BCUT2D eigenvalue weighted by atomic mass is 35.5. The maximum atomic E-state index is 5.94. The molecule has 1 atom stereocenters. The molecule has 2 N–H and O–H groups in total. The Morgan fingerprint density at radius 2 is 1.96 bits per heavy atom. The summed E-state index contributed by atoms with van der Waals surface area (Å²) in [5.41, 5.74) is 1.32. The summed E-state index contributed by atoms with van der Waals surface area (Å²) in [5.74, 6) is 0. The molecule has 4 nitrogen and oxygen atoms in total. The first kappa shape index (κ1) is 17.9. The summed E-state index contributed by atoms with van der Waals surface area (Å²) in [6.07, 6.45) is 4.87. The van der Waals surface area contributed by atoms with Gasteiger partial charge >= 0.3 is 0 Å². The quantitative estimate of drug-likeness (QED) is 0.782. The number of halogens is 1. The molecule has 0 unspecified atom stereocenters. The lowest BCUT2D eigenvalue weighted by atomic mass is 10.0. The third-order valence-electron chi connectivity index (χ3n) is 4.76. The van der Waals surface area contributed by atoms with Crippen molar-refractivity contribution in [3.8, 4) is 0 Å². The lowest BCUT2D eigenvalue weighted by Gasteiger charge is -2.33. The number of thiocarbonyl (C=S) groups is 1. The lowest BCUT2D eigenvalue weighted by molar-refractivity contribution is 0.114. The summed E-state index contributed by atoms with van der Waals surface area (Å²) in [6.45, 7) is 4.88. The standard InChI is InChI=1S/C18H26ClN3OS/c19-15-5-3-14(4-6-15)13-22-9-7-16(8-10-22)21-18(24)20-12-17-2-1-11-23-17/h3-6,16-17H,1-2,7-13H2,(H2,20,21,24)/t17-/m0/s1. The molecule has 0 aromatic heterocycles. The van der Waals surface area contributed by atoms with Gasteiger partial charge in [0.15, 0.2) is 5.11 Å². The molecule has 0 saturated carbocycles. The van der Waals surface area contributed by atoms with Crippen LogP contribution < -0.4 is 10.6 Å². The molecule has 2 aliphatic rings. The predicted molar refractivity (Wildman–Crippen MR) is 102 cm³/mol. The molecule has 0 aliphatic carbocycles. The monoisotopic (exact) mass is 367 g/mol. The molecule has 24 heavy (non-hydrogen) atoms. The second-order valence-electron chi connectivity index (χ2n) is 6.67. The topological polar surface area (TPSA) is 36.5 Å². The Labute approximate surface area is 154 Å². The zero-order chi connectivity index (χ0) is 16.8. The maximum Gasteiger partial charge on any atom is 0.166 e. The Kier molecular flexibility index (Phi) is 6.72. The number of likely N-dealkylation sites (tertiary alicyclic amines) is 1. The number of hydrogen-bond acceptors (Lipinski definition) is 3. The number of nitrogens with one attached hydrogen (secondary N) is 2. The van der Waals surface area contributed by atoms with Crippen molar-refractivity contribution < 1.29 is 4.74 Å². The average Bonchev–Trinajstić information content (AvgIpc) is 3.10. The fourth-order valence-electron chi connectivity index (χ4n) is 3.33. The van der Waals surface area contributed by atoms with E-state index < -0.39 is 0 Å². The minimum absolute atomic E-state index is 0.325. The van der Waals surface area contributed by atoms with E-state index >= 15 is 0 Å². The molecular weight excluding hydrogens is 342 g/mol. The van der Waals surface area contributed by atoms with Crippen LogP contribution in [-0.4, -0.2) is 48.4 Å². The van der Waals surface area contributed by atoms with E-state index in [1.165, 1.54) is 12.0 Å². The van der Waals surface area contributed by atoms with E-state index in [1.807, 2.05) is 12.1 Å². The van der Waals surface area contributed by atoms with E-state index in [2.05, 4.69) is 27.7 Å². The fraction of sp³-hybridized carbons (Fsp3) is 0.611. The summed E-state index contributed by atoms with van der Waals surface area (Å²) in [5, 5.41) is 8.32. The molecule has 0 spiro atoms. The normalized spacial score (nSPS) is 22.5. The first-order chi connectivity index (χ1) is 11.7. The van der Waals surface area contributed by atoms with Gasteiger partial charge in [-0.2, -0.15) is 0 Å². The minimum Gasteiger partial charge on any atom is -0.376 e. The maximum absolute atomic E-state index is 5.94. The smallest absolute Gasteiger partial charge is 0.166 e. The van der Waals surface area contributed by atoms with Gasteiger partial charge in [-0.1, -0.05) is 23.7 Å². The Balaban J connectivity index is 1.34. The van der Waals surface area contributed by atoms with Gasteiger partial charge in [0.25, 0.3) is 0 Å². The summed E-state index contributed by atoms with van der Waals surface area (Å²) in [7, 11) is 0. The van der Waals surface area contributed by atoms with Gasteiger partial charge in [-0.05, 0) is 55.6 Å². The highest BCUT2D eigenvalue weighted by molar-refractivity contribution is 7.80. The van der Waals surface area contributed by atoms with Crippen LogP contribution in [0.2, 0.25) is 5.02 Å². The number of hydrogen-bond donors (Lipinski definition) is 2. The Morgan fingerprint density at radius 3 is 2.62 bits per heavy atom. The fourth-order valence-corrected chi connectivity index (χ4v) is 3.71. The highest BCUT2D eigenvalue weighted by Gasteiger charge is 2.20. The molecule has 6 heteroatoms. The number of ether oxygens (including phenoxy) is 1. The van der Waals surface area contributed by atoms with Crippen molar-refractivity contribution in [2.75, 3.05) is 26.2 Å². The van der Waals surface area contributed by atoms with Crippen molar-refractivity contribution in [2.45, 2.75) is 44.4 Å². The minimum atomic E-state index is 0.325. The number of nitrogens with zero attached hydrogens (tertiary/aromatic N) is 1. The third kappa shape index (κ3) is 5.59. The molecule has 2 aliphatic heterocycles. The van der Waals surface area contributed by atoms with Gasteiger partial charge in [0.2, 0.25) is 0 Å². The number of piperidine rings is 1. The first-order valence-electron chi connectivity index (χ1n) is 8.82. The highest BCUT2D eigenvalue weighted by Crippen LogP contribution is 2.16. The zero-order valence-electron chi connectivity index (χ0n) is 14.0. The van der Waals surface area contributed by atoms with Crippen LogP contribution in [0.4, 0.5) is 0 Å². The van der Waals surface area contributed by atoms with Gasteiger partial charge < -0.3 is 15.4 Å². The molecule has 2 heterocycles. The molecular formula is C18H26ClN3OS. The average molecular weight is 368 g/mol. The van der Waals surface area contributed by atoms with E-state index in [9.17, 15) is 0 Å². The molecule has 0 amide bonds. The van der Waals surface area contributed by atoms with Gasteiger partial charge in [-0.15, -0.1) is 0 Å². The van der Waals surface area contributed by atoms with Gasteiger partial charge in [0.05, 0.1) is 6.10 Å². The molecule has 132 valence electrons. The molecule has 0 radical (unpaired) electrons. The second kappa shape index (κ2) is 8.99. The van der Waals surface area contributed by atoms with Crippen LogP contribution >= 0.6 is 23.8 Å². The molecule has 1 aromatic rings. The van der Waals surface area contributed by atoms with Crippen molar-refractivity contribution in [2.24, 2.45) is 0 Å². The summed E-state index contributed by atoms with van der Waals surface area (Å²) in [6, 6.07) is 8.61. The van der Waals surface area contributed by atoms with E-state index in [-0.39, 0.29) is 0 Å². The van der Waals surface area contributed by atoms with E-state index in [0.29, 0.717) is 12.1 Å². The van der Waals surface area contributed by atoms with Gasteiger partial charge in [-0.3, -0.25) is 4.90 Å². The molecule has 1 aromatic carbocycles. The number of rotatable bonds is 5. The Morgan fingerprint density at radius 1 is 1.21 bits per heavy atom. The van der Waals surface area contributed by atoms with Crippen molar-refractivity contribution in [3.05, 3.63) is 34.9 Å². The van der Waals surface area contributed by atoms with Crippen LogP contribution in [0, 0.1) is 0 Å². The van der Waals surface area contributed by atoms with Crippen molar-refractivity contribution in [1.82, 2.24) is 15.5 Å². The Hall–Kier alpha value is -0.880. The van der Waals surface area contributed by atoms with Crippen LogP contribution in [-0.2, 0) is 11.3 Å². The van der Waals surface area contributed by atoms with Crippen LogP contribution in [0.3, 0.4) is 0 Å². The van der Waals surface area contributed by atoms with Crippen LogP contribution in [0.25, 0.3) is 0 Å². The van der Waals surface area contributed by atoms with E-state index in [0.717, 1.165) is 62.2 Å². The van der Waals surface area contributed by atoms with Crippen molar-refractivity contribution in [1.29, 1.82) is 0 Å². The van der Waals surface area contributed by atoms with Gasteiger partial charge in [-0.25, -0.2) is 0 Å². The summed E-state index contributed by atoms with van der Waals surface area (Å²) in [4.78, 5) is 2.49. The van der Waals surface area contributed by atoms with Crippen molar-refractivity contribution in [3.63, 3.8) is 0 Å². The SMILES string of the molecule is S=C(NC[C@@H]1CCCO1)NC1CCN(Cc2ccc(Cl)cc2)CC1. The van der Waals surface area contributed by atoms with Crippen LogP contribution in [0.5, 0.6) is 0 Å². The summed E-state index contributed by atoms with van der Waals surface area (Å²) >= 11 is 11.4. The van der Waals surface area contributed by atoms with Crippen LogP contribution in [0.15, 0.2) is 24.3 Å². The second-order valence-corrected chi connectivity index (χ2v) is 7.51. The van der Waals surface area contributed by atoms with Gasteiger partial charge in [0, 0.05) is 43.9 Å². The lowest BCUT2D eigenvalue weighted by Crippen LogP contribution is -2.48.